The highest BCUT2D eigenvalue weighted by molar-refractivity contribution is 5.81. The van der Waals surface area contributed by atoms with Gasteiger partial charge < -0.3 is 10.2 Å². The fourth-order valence-corrected chi connectivity index (χ4v) is 3.68. The van der Waals surface area contributed by atoms with Crippen LogP contribution in [0.3, 0.4) is 0 Å². The molecule has 0 aliphatic rings. The van der Waals surface area contributed by atoms with E-state index >= 15 is 0 Å². The van der Waals surface area contributed by atoms with Gasteiger partial charge in [0.25, 0.3) is 5.91 Å². The molecular formula is C28H32N2O3. The number of hydroxylamine groups is 1. The number of unbranched alkanes of at least 4 members (excludes halogenated alkanes) is 1. The Balaban J connectivity index is 1.36. The summed E-state index contributed by atoms with van der Waals surface area (Å²) in [7, 11) is 1.69. The van der Waals surface area contributed by atoms with Gasteiger partial charge in [0, 0.05) is 0 Å². The molecule has 0 aromatic heterocycles. The molecule has 0 aliphatic carbocycles. The van der Waals surface area contributed by atoms with Gasteiger partial charge in [-0.15, -0.1) is 0 Å². The van der Waals surface area contributed by atoms with Crippen LogP contribution in [0.2, 0.25) is 0 Å². The van der Waals surface area contributed by atoms with Crippen LogP contribution in [0.5, 0.6) is 0 Å². The third kappa shape index (κ3) is 8.54. The van der Waals surface area contributed by atoms with Gasteiger partial charge in [0.15, 0.2) is 0 Å². The minimum absolute atomic E-state index is 0.157. The third-order valence-corrected chi connectivity index (χ3v) is 5.59. The highest BCUT2D eigenvalue weighted by Crippen LogP contribution is 2.11. The van der Waals surface area contributed by atoms with Crippen molar-refractivity contribution >= 4 is 11.9 Å². The highest BCUT2D eigenvalue weighted by Gasteiger charge is 2.20. The summed E-state index contributed by atoms with van der Waals surface area (Å²) in [6.07, 6.45) is 5.03. The van der Waals surface area contributed by atoms with Crippen molar-refractivity contribution in [3.05, 3.63) is 107 Å². The number of carbonyl (C=O) groups excluding carboxylic acids is 2. The van der Waals surface area contributed by atoms with E-state index in [0.29, 0.717) is 6.42 Å². The average molecular weight is 445 g/mol. The van der Waals surface area contributed by atoms with Crippen molar-refractivity contribution in [3.8, 4) is 0 Å². The second kappa shape index (κ2) is 13.2. The molecule has 0 aliphatic heterocycles. The Morgan fingerprint density at radius 2 is 1.24 bits per heavy atom. The van der Waals surface area contributed by atoms with E-state index in [2.05, 4.69) is 47.2 Å². The summed E-state index contributed by atoms with van der Waals surface area (Å²) in [5, 5.41) is 2.93. The molecule has 3 aromatic rings. The van der Waals surface area contributed by atoms with Crippen LogP contribution in [-0.4, -0.2) is 25.0 Å². The molecule has 0 radical (unpaired) electrons. The molecular weight excluding hydrogens is 412 g/mol. The Morgan fingerprint density at radius 1 is 0.727 bits per heavy atom. The van der Waals surface area contributed by atoms with Crippen LogP contribution in [0.15, 0.2) is 84.9 Å². The van der Waals surface area contributed by atoms with Crippen LogP contribution in [0.25, 0.3) is 0 Å². The largest absolute Gasteiger partial charge is 0.349 e. The quantitative estimate of drug-likeness (QED) is 0.344. The lowest BCUT2D eigenvalue weighted by Gasteiger charge is -2.15. The Bertz CT molecular complexity index is 989. The SMILES string of the molecule is CN[C@@H](Cc1ccccc1)C(=O)ONC(=O)Cc1ccc(CCCCc2ccccc2)cc1. The second-order valence-corrected chi connectivity index (χ2v) is 8.16. The number of hydrogen-bond acceptors (Lipinski definition) is 4. The van der Waals surface area contributed by atoms with Crippen LogP contribution >= 0.6 is 0 Å². The topological polar surface area (TPSA) is 67.4 Å². The molecule has 2 N–H and O–H groups in total. The molecule has 5 heteroatoms. The fourth-order valence-electron chi connectivity index (χ4n) is 3.68. The number of benzene rings is 3. The minimum atomic E-state index is -0.533. The van der Waals surface area contributed by atoms with Gasteiger partial charge in [-0.05, 0) is 61.4 Å². The summed E-state index contributed by atoms with van der Waals surface area (Å²) in [5.41, 5.74) is 6.81. The molecule has 172 valence electrons. The van der Waals surface area contributed by atoms with Crippen LogP contribution in [-0.2, 0) is 40.1 Å². The van der Waals surface area contributed by atoms with Gasteiger partial charge in [-0.1, -0.05) is 84.9 Å². The van der Waals surface area contributed by atoms with E-state index in [-0.39, 0.29) is 12.3 Å². The summed E-state index contributed by atoms with van der Waals surface area (Å²) in [6, 6.07) is 27.7. The van der Waals surface area contributed by atoms with Gasteiger partial charge in [-0.3, -0.25) is 4.79 Å². The van der Waals surface area contributed by atoms with Gasteiger partial charge in [0.2, 0.25) is 0 Å². The summed E-state index contributed by atoms with van der Waals surface area (Å²) in [4.78, 5) is 29.5. The number of hydrogen-bond donors (Lipinski definition) is 2. The maximum absolute atomic E-state index is 12.3. The van der Waals surface area contributed by atoms with Crippen molar-refractivity contribution in [2.75, 3.05) is 7.05 Å². The smallest absolute Gasteiger partial charge is 0.339 e. The fraction of sp³-hybridized carbons (Fsp3) is 0.286. The molecule has 33 heavy (non-hydrogen) atoms. The first-order valence-corrected chi connectivity index (χ1v) is 11.5. The molecule has 0 fully saturated rings. The first-order valence-electron chi connectivity index (χ1n) is 11.5. The number of nitrogens with one attached hydrogen (secondary N) is 2. The summed E-state index contributed by atoms with van der Waals surface area (Å²) < 4.78 is 0. The van der Waals surface area contributed by atoms with Gasteiger partial charge in [-0.2, -0.15) is 5.48 Å². The zero-order valence-corrected chi connectivity index (χ0v) is 19.1. The van der Waals surface area contributed by atoms with E-state index in [1.807, 2.05) is 48.5 Å². The van der Waals surface area contributed by atoms with Crippen molar-refractivity contribution < 1.29 is 14.4 Å². The van der Waals surface area contributed by atoms with Crippen molar-refractivity contribution in [2.24, 2.45) is 0 Å². The first-order chi connectivity index (χ1) is 16.1. The van der Waals surface area contributed by atoms with E-state index in [0.717, 1.165) is 36.8 Å². The lowest BCUT2D eigenvalue weighted by atomic mass is 10.0. The van der Waals surface area contributed by atoms with Crippen LogP contribution in [0, 0.1) is 0 Å². The lowest BCUT2D eigenvalue weighted by molar-refractivity contribution is -0.160. The van der Waals surface area contributed by atoms with Crippen molar-refractivity contribution in [1.82, 2.24) is 10.8 Å². The Kier molecular flexibility index (Phi) is 9.67. The molecule has 0 bridgehead atoms. The number of likely N-dealkylation sites (N-methyl/N-ethyl adjacent to an activating group) is 1. The number of amides is 1. The molecule has 1 atom stereocenters. The molecule has 0 unspecified atom stereocenters. The normalized spacial score (nSPS) is 11.5. The van der Waals surface area contributed by atoms with E-state index in [4.69, 9.17) is 4.84 Å². The van der Waals surface area contributed by atoms with E-state index in [1.165, 1.54) is 11.1 Å². The summed E-state index contributed by atoms with van der Waals surface area (Å²) in [5.74, 6) is -0.867. The summed E-state index contributed by atoms with van der Waals surface area (Å²) >= 11 is 0. The molecule has 0 saturated carbocycles. The predicted octanol–water partition coefficient (Wildman–Crippen LogP) is 4.20. The monoisotopic (exact) mass is 444 g/mol. The van der Waals surface area contributed by atoms with Crippen molar-refractivity contribution in [3.63, 3.8) is 0 Å². The minimum Gasteiger partial charge on any atom is -0.339 e. The van der Waals surface area contributed by atoms with Gasteiger partial charge in [0.1, 0.15) is 6.04 Å². The van der Waals surface area contributed by atoms with Gasteiger partial charge in [-0.25, -0.2) is 4.79 Å². The molecule has 5 nitrogen and oxygen atoms in total. The molecule has 0 spiro atoms. The standard InChI is InChI=1S/C28H32N2O3/c1-29-26(20-24-14-6-3-7-15-24)28(32)33-30-27(31)21-25-18-16-23(17-19-25)13-9-8-12-22-10-4-2-5-11-22/h2-7,10-11,14-19,26,29H,8-9,12-13,20-21H2,1H3,(H,30,31)/t26-/m0/s1. The molecule has 0 heterocycles. The van der Waals surface area contributed by atoms with Crippen LogP contribution < -0.4 is 10.8 Å². The van der Waals surface area contributed by atoms with Crippen molar-refractivity contribution in [1.29, 1.82) is 0 Å². The highest BCUT2D eigenvalue weighted by atomic mass is 16.7. The zero-order valence-electron chi connectivity index (χ0n) is 19.1. The van der Waals surface area contributed by atoms with Crippen LogP contribution in [0.1, 0.15) is 35.1 Å². The first kappa shape index (κ1) is 24.2. The number of carbonyl (C=O) groups is 2. The zero-order chi connectivity index (χ0) is 23.3. The maximum atomic E-state index is 12.3. The Morgan fingerprint density at radius 3 is 1.82 bits per heavy atom. The number of rotatable bonds is 11. The van der Waals surface area contributed by atoms with Crippen LogP contribution in [0.4, 0.5) is 0 Å². The molecule has 3 rings (SSSR count). The Hall–Kier alpha value is -3.44. The average Bonchev–Trinajstić information content (AvgIpc) is 2.86. The molecule has 3 aromatic carbocycles. The van der Waals surface area contributed by atoms with Gasteiger partial charge >= 0.3 is 5.97 Å². The second-order valence-electron chi connectivity index (χ2n) is 8.16. The Labute approximate surface area is 196 Å². The molecule has 0 saturated heterocycles. The number of aryl methyl sites for hydroxylation is 2. The van der Waals surface area contributed by atoms with E-state index < -0.39 is 12.0 Å². The molecule has 1 amide bonds. The van der Waals surface area contributed by atoms with E-state index in [1.54, 1.807) is 7.05 Å². The predicted molar refractivity (Wildman–Crippen MR) is 130 cm³/mol. The lowest BCUT2D eigenvalue weighted by Crippen LogP contribution is -2.41. The van der Waals surface area contributed by atoms with Gasteiger partial charge in [0.05, 0.1) is 6.42 Å². The maximum Gasteiger partial charge on any atom is 0.349 e. The summed E-state index contributed by atoms with van der Waals surface area (Å²) in [6.45, 7) is 0. The van der Waals surface area contributed by atoms with Crippen molar-refractivity contribution in [2.45, 2.75) is 44.6 Å². The third-order valence-electron chi connectivity index (χ3n) is 5.59. The van der Waals surface area contributed by atoms with E-state index in [9.17, 15) is 9.59 Å².